The summed E-state index contributed by atoms with van der Waals surface area (Å²) in [5.41, 5.74) is 0.330. The Bertz CT molecular complexity index is 628. The van der Waals surface area contributed by atoms with Crippen molar-refractivity contribution in [3.8, 4) is 0 Å². The van der Waals surface area contributed by atoms with Crippen LogP contribution in [0.15, 0.2) is 47.4 Å². The highest BCUT2D eigenvalue weighted by Gasteiger charge is 2.09. The lowest BCUT2D eigenvalue weighted by molar-refractivity contribution is 0.0690. The molecule has 1 N–H and O–H groups in total. The second kappa shape index (κ2) is 5.71. The Kier molecular flexibility index (Phi) is 4.01. The van der Waals surface area contributed by atoms with Gasteiger partial charge in [0.2, 0.25) is 0 Å². The number of rotatable bonds is 4. The molecular formula is C13H10FNO3S. The Hall–Kier alpha value is -2.08. The molecule has 98 valence electrons. The molecule has 0 spiro atoms. The van der Waals surface area contributed by atoms with Crippen molar-refractivity contribution in [2.45, 2.75) is 10.6 Å². The maximum atomic E-state index is 12.7. The molecule has 0 bridgehead atoms. The molecule has 19 heavy (non-hydrogen) atoms. The van der Waals surface area contributed by atoms with Crippen molar-refractivity contribution in [1.29, 1.82) is 0 Å². The number of halogens is 1. The average molecular weight is 279 g/mol. The monoisotopic (exact) mass is 279 g/mol. The van der Waals surface area contributed by atoms with Crippen LogP contribution in [0.25, 0.3) is 0 Å². The molecule has 1 atom stereocenters. The molecule has 0 aliphatic rings. The van der Waals surface area contributed by atoms with Gasteiger partial charge in [0.15, 0.2) is 0 Å². The van der Waals surface area contributed by atoms with Gasteiger partial charge in [-0.25, -0.2) is 14.2 Å². The number of carboxylic acids is 1. The van der Waals surface area contributed by atoms with Crippen LogP contribution in [0.5, 0.6) is 0 Å². The molecule has 0 saturated carbocycles. The van der Waals surface area contributed by atoms with Crippen LogP contribution in [-0.2, 0) is 16.6 Å². The van der Waals surface area contributed by atoms with Gasteiger partial charge in [-0.1, -0.05) is 6.07 Å². The largest absolute Gasteiger partial charge is 0.477 e. The lowest BCUT2D eigenvalue weighted by Gasteiger charge is -2.03. The fourth-order valence-corrected chi connectivity index (χ4v) is 2.52. The fraction of sp³-hybridized carbons (Fsp3) is 0.0769. The molecular weight excluding hydrogens is 269 g/mol. The zero-order valence-electron chi connectivity index (χ0n) is 9.75. The van der Waals surface area contributed by atoms with Crippen LogP contribution in [0.2, 0.25) is 0 Å². The smallest absolute Gasteiger partial charge is 0.354 e. The number of pyridine rings is 1. The molecule has 1 heterocycles. The minimum absolute atomic E-state index is 0.0893. The maximum Gasteiger partial charge on any atom is 0.354 e. The van der Waals surface area contributed by atoms with E-state index in [1.807, 2.05) is 0 Å². The third kappa shape index (κ3) is 3.45. The molecule has 6 heteroatoms. The van der Waals surface area contributed by atoms with Crippen LogP contribution >= 0.6 is 0 Å². The molecule has 0 radical (unpaired) electrons. The third-order valence-electron chi connectivity index (χ3n) is 2.38. The third-order valence-corrected chi connectivity index (χ3v) is 3.74. The van der Waals surface area contributed by atoms with E-state index in [9.17, 15) is 13.4 Å². The van der Waals surface area contributed by atoms with Crippen molar-refractivity contribution in [3.05, 3.63) is 59.7 Å². The van der Waals surface area contributed by atoms with Crippen molar-refractivity contribution in [2.24, 2.45) is 0 Å². The summed E-state index contributed by atoms with van der Waals surface area (Å²) in [6.45, 7) is 0. The highest BCUT2D eigenvalue weighted by atomic mass is 32.2. The number of nitrogens with zero attached hydrogens (tertiary/aromatic N) is 1. The van der Waals surface area contributed by atoms with Crippen LogP contribution in [0.4, 0.5) is 4.39 Å². The first-order valence-electron chi connectivity index (χ1n) is 5.39. The van der Waals surface area contributed by atoms with Crippen LogP contribution in [0, 0.1) is 5.82 Å². The van der Waals surface area contributed by atoms with Crippen molar-refractivity contribution in [1.82, 2.24) is 4.98 Å². The normalized spacial score (nSPS) is 12.1. The van der Waals surface area contributed by atoms with Gasteiger partial charge in [-0.05, 0) is 36.4 Å². The molecule has 4 nitrogen and oxygen atoms in total. The number of benzene rings is 1. The number of hydrogen-bond acceptors (Lipinski definition) is 3. The van der Waals surface area contributed by atoms with Crippen molar-refractivity contribution >= 4 is 16.8 Å². The topological polar surface area (TPSA) is 67.3 Å². The van der Waals surface area contributed by atoms with Crippen LogP contribution in [0.1, 0.15) is 16.2 Å². The molecule has 0 amide bonds. The molecule has 0 fully saturated rings. The number of carboxylic acid groups (broad SMARTS) is 1. The van der Waals surface area contributed by atoms with Gasteiger partial charge < -0.3 is 5.11 Å². The summed E-state index contributed by atoms with van der Waals surface area (Å²) in [4.78, 5) is 15.1. The SMILES string of the molecule is O=C(O)c1cccc(CS(=O)c2ccc(F)cc2)n1. The van der Waals surface area contributed by atoms with Crippen LogP contribution in [-0.4, -0.2) is 20.3 Å². The number of aromatic nitrogens is 1. The first-order chi connectivity index (χ1) is 9.06. The van der Waals surface area contributed by atoms with Gasteiger partial charge in [0.25, 0.3) is 0 Å². The summed E-state index contributed by atoms with van der Waals surface area (Å²) >= 11 is 0. The zero-order valence-corrected chi connectivity index (χ0v) is 10.6. The van der Waals surface area contributed by atoms with Gasteiger partial charge in [0.1, 0.15) is 11.5 Å². The second-order valence-corrected chi connectivity index (χ2v) is 5.21. The molecule has 0 aliphatic carbocycles. The number of carbonyl (C=O) groups is 1. The Labute approximate surface area is 111 Å². The van der Waals surface area contributed by atoms with Crippen molar-refractivity contribution in [3.63, 3.8) is 0 Å². The predicted octanol–water partition coefficient (Wildman–Crippen LogP) is 2.23. The Morgan fingerprint density at radius 2 is 1.89 bits per heavy atom. The standard InChI is InChI=1S/C13H10FNO3S/c14-9-4-6-11(7-5-9)19(18)8-10-2-1-3-12(15-10)13(16)17/h1-7H,8H2,(H,16,17). The van der Waals surface area contributed by atoms with Gasteiger partial charge in [0.05, 0.1) is 22.2 Å². The molecule has 2 rings (SSSR count). The summed E-state index contributed by atoms with van der Waals surface area (Å²) in [6, 6.07) is 9.86. The second-order valence-electron chi connectivity index (χ2n) is 3.76. The first kappa shape index (κ1) is 13.4. The van der Waals surface area contributed by atoms with E-state index in [2.05, 4.69) is 4.98 Å². The molecule has 1 unspecified atom stereocenters. The average Bonchev–Trinajstić information content (AvgIpc) is 2.39. The quantitative estimate of drug-likeness (QED) is 0.932. The van der Waals surface area contributed by atoms with Gasteiger partial charge >= 0.3 is 5.97 Å². The maximum absolute atomic E-state index is 12.7. The Morgan fingerprint density at radius 1 is 1.21 bits per heavy atom. The Balaban J connectivity index is 2.17. The van der Waals surface area contributed by atoms with Gasteiger partial charge in [0, 0.05) is 4.90 Å². The molecule has 1 aromatic heterocycles. The number of aromatic carboxylic acids is 1. The molecule has 0 saturated heterocycles. The highest BCUT2D eigenvalue weighted by Crippen LogP contribution is 2.12. The predicted molar refractivity (Wildman–Crippen MR) is 67.7 cm³/mol. The van der Waals surface area contributed by atoms with E-state index in [-0.39, 0.29) is 11.4 Å². The summed E-state index contributed by atoms with van der Waals surface area (Å²) in [7, 11) is -1.39. The molecule has 1 aromatic carbocycles. The van der Waals surface area contributed by atoms with E-state index < -0.39 is 22.6 Å². The fourth-order valence-electron chi connectivity index (χ4n) is 1.48. The van der Waals surface area contributed by atoms with E-state index >= 15 is 0 Å². The minimum atomic E-state index is -1.39. The van der Waals surface area contributed by atoms with Gasteiger partial charge in [-0.2, -0.15) is 0 Å². The van der Waals surface area contributed by atoms with Crippen LogP contribution < -0.4 is 0 Å². The van der Waals surface area contributed by atoms with Gasteiger partial charge in [-0.3, -0.25) is 4.21 Å². The summed E-state index contributed by atoms with van der Waals surface area (Å²) in [6.07, 6.45) is 0. The van der Waals surface area contributed by atoms with E-state index in [0.717, 1.165) is 0 Å². The van der Waals surface area contributed by atoms with E-state index in [4.69, 9.17) is 5.11 Å². The lowest BCUT2D eigenvalue weighted by Crippen LogP contribution is -2.05. The van der Waals surface area contributed by atoms with Gasteiger partial charge in [-0.15, -0.1) is 0 Å². The van der Waals surface area contributed by atoms with E-state index in [1.165, 1.54) is 30.3 Å². The zero-order chi connectivity index (χ0) is 13.8. The minimum Gasteiger partial charge on any atom is -0.477 e. The van der Waals surface area contributed by atoms with E-state index in [1.54, 1.807) is 12.1 Å². The Morgan fingerprint density at radius 3 is 2.53 bits per heavy atom. The molecule has 0 aliphatic heterocycles. The van der Waals surface area contributed by atoms with Crippen molar-refractivity contribution in [2.75, 3.05) is 0 Å². The summed E-state index contributed by atoms with van der Waals surface area (Å²) in [5, 5.41) is 8.81. The lowest BCUT2D eigenvalue weighted by atomic mass is 10.3. The van der Waals surface area contributed by atoms with Crippen molar-refractivity contribution < 1.29 is 18.5 Å². The highest BCUT2D eigenvalue weighted by molar-refractivity contribution is 7.84. The summed E-state index contributed by atoms with van der Waals surface area (Å²) in [5.74, 6) is -1.44. The van der Waals surface area contributed by atoms with Crippen LogP contribution in [0.3, 0.4) is 0 Å². The summed E-state index contributed by atoms with van der Waals surface area (Å²) < 4.78 is 24.7. The molecule has 2 aromatic rings. The first-order valence-corrected chi connectivity index (χ1v) is 6.71. The van der Waals surface area contributed by atoms with E-state index in [0.29, 0.717) is 10.6 Å². The number of hydrogen-bond donors (Lipinski definition) is 1.